The Morgan fingerprint density at radius 3 is 2.57 bits per heavy atom. The Morgan fingerprint density at radius 2 is 1.95 bits per heavy atom. The van der Waals surface area contributed by atoms with E-state index in [0.717, 1.165) is 30.7 Å². The first-order valence-corrected chi connectivity index (χ1v) is 8.37. The zero-order valence-corrected chi connectivity index (χ0v) is 14.1. The summed E-state index contributed by atoms with van der Waals surface area (Å²) in [5.74, 6) is -0.651. The molecule has 7 heteroatoms. The quantitative estimate of drug-likeness (QED) is 0.819. The van der Waals surface area contributed by atoms with Crippen molar-refractivity contribution in [3.8, 4) is 0 Å². The minimum absolute atomic E-state index is 0.0596. The number of thioether (sulfide) groups is 1. The topological polar surface area (TPSA) is 60.9 Å². The van der Waals surface area contributed by atoms with Crippen LogP contribution in [0.3, 0.4) is 0 Å². The largest absolute Gasteiger partial charge is 0.478 e. The van der Waals surface area contributed by atoms with Gasteiger partial charge in [0.15, 0.2) is 0 Å². The van der Waals surface area contributed by atoms with Gasteiger partial charge in [0, 0.05) is 35.5 Å². The van der Waals surface area contributed by atoms with Gasteiger partial charge in [-0.1, -0.05) is 15.9 Å². The molecule has 0 saturated carbocycles. The normalized spacial score (nSPS) is 16.0. The summed E-state index contributed by atoms with van der Waals surface area (Å²) in [6, 6.07) is 4.98. The Bertz CT molecular complexity index is 545. The second-order valence-corrected chi connectivity index (χ2v) is 6.85. The Balaban J connectivity index is 1.98. The van der Waals surface area contributed by atoms with E-state index < -0.39 is 5.97 Å². The van der Waals surface area contributed by atoms with Crippen molar-refractivity contribution in [2.75, 3.05) is 39.0 Å². The van der Waals surface area contributed by atoms with Crippen molar-refractivity contribution in [1.82, 2.24) is 9.80 Å². The molecule has 1 aliphatic heterocycles. The standard InChI is InChI=1S/C14H17BrN2O3S/c1-16-4-6-17(7-5-16)13(18)9-21-12-8-10(15)2-3-11(12)14(19)20/h2-3,8H,4-7,9H2,1H3,(H,19,20). The van der Waals surface area contributed by atoms with E-state index in [1.54, 1.807) is 18.2 Å². The van der Waals surface area contributed by atoms with Gasteiger partial charge in [-0.2, -0.15) is 0 Å². The molecule has 0 aromatic heterocycles. The minimum atomic E-state index is -0.975. The SMILES string of the molecule is CN1CCN(C(=O)CSc2cc(Br)ccc2C(=O)O)CC1. The van der Waals surface area contributed by atoms with Crippen LogP contribution in [-0.4, -0.2) is 65.8 Å². The number of hydrogen-bond donors (Lipinski definition) is 1. The van der Waals surface area contributed by atoms with Crippen LogP contribution in [0.2, 0.25) is 0 Å². The molecule has 1 aliphatic rings. The predicted molar refractivity (Wildman–Crippen MR) is 85.9 cm³/mol. The third kappa shape index (κ3) is 4.46. The number of carbonyl (C=O) groups is 2. The van der Waals surface area contributed by atoms with E-state index in [9.17, 15) is 14.7 Å². The number of likely N-dealkylation sites (N-methyl/N-ethyl adjacent to an activating group) is 1. The molecule has 1 aromatic rings. The second kappa shape index (κ2) is 7.29. The number of carboxylic acids is 1. The van der Waals surface area contributed by atoms with Crippen LogP contribution in [0.4, 0.5) is 0 Å². The lowest BCUT2D eigenvalue weighted by molar-refractivity contribution is -0.129. The summed E-state index contributed by atoms with van der Waals surface area (Å²) in [5.41, 5.74) is 0.231. The number of rotatable bonds is 4. The van der Waals surface area contributed by atoms with Gasteiger partial charge < -0.3 is 14.9 Å². The zero-order chi connectivity index (χ0) is 15.4. The molecule has 0 bridgehead atoms. The maximum absolute atomic E-state index is 12.2. The maximum atomic E-state index is 12.2. The minimum Gasteiger partial charge on any atom is -0.478 e. The van der Waals surface area contributed by atoms with Gasteiger partial charge in [-0.3, -0.25) is 4.79 Å². The van der Waals surface area contributed by atoms with Crippen molar-refractivity contribution in [2.24, 2.45) is 0 Å². The molecule has 21 heavy (non-hydrogen) atoms. The van der Waals surface area contributed by atoms with Gasteiger partial charge in [-0.25, -0.2) is 4.79 Å². The van der Waals surface area contributed by atoms with E-state index in [2.05, 4.69) is 20.8 Å². The molecular weight excluding hydrogens is 356 g/mol. The van der Waals surface area contributed by atoms with Crippen molar-refractivity contribution in [3.63, 3.8) is 0 Å². The third-order valence-electron chi connectivity index (χ3n) is 3.38. The number of amides is 1. The molecule has 1 amide bonds. The summed E-state index contributed by atoms with van der Waals surface area (Å²) < 4.78 is 0.807. The van der Waals surface area contributed by atoms with Crippen LogP contribution in [-0.2, 0) is 4.79 Å². The highest BCUT2D eigenvalue weighted by atomic mass is 79.9. The lowest BCUT2D eigenvalue weighted by Crippen LogP contribution is -2.47. The predicted octanol–water partition coefficient (Wildman–Crippen LogP) is 2.01. The first kappa shape index (κ1) is 16.3. The number of aromatic carboxylic acids is 1. The molecule has 1 aromatic carbocycles. The molecule has 0 atom stereocenters. The average Bonchev–Trinajstić information content (AvgIpc) is 2.45. The van der Waals surface area contributed by atoms with E-state index in [1.807, 2.05) is 11.9 Å². The van der Waals surface area contributed by atoms with Crippen molar-refractivity contribution in [2.45, 2.75) is 4.90 Å². The summed E-state index contributed by atoms with van der Waals surface area (Å²) in [7, 11) is 2.04. The summed E-state index contributed by atoms with van der Waals surface area (Å²) in [4.78, 5) is 28.0. The molecule has 5 nitrogen and oxygen atoms in total. The maximum Gasteiger partial charge on any atom is 0.336 e. The molecule has 1 fully saturated rings. The molecule has 1 saturated heterocycles. The van der Waals surface area contributed by atoms with Gasteiger partial charge in [-0.05, 0) is 25.2 Å². The van der Waals surface area contributed by atoms with E-state index in [-0.39, 0.29) is 17.2 Å². The molecule has 1 heterocycles. The van der Waals surface area contributed by atoms with E-state index in [4.69, 9.17) is 0 Å². The van der Waals surface area contributed by atoms with Crippen LogP contribution in [0.15, 0.2) is 27.6 Å². The Kier molecular flexibility index (Phi) is 5.66. The molecule has 1 N–H and O–H groups in total. The van der Waals surface area contributed by atoms with Crippen molar-refractivity contribution in [1.29, 1.82) is 0 Å². The first-order chi connectivity index (χ1) is 9.97. The molecule has 0 radical (unpaired) electrons. The molecule has 114 valence electrons. The monoisotopic (exact) mass is 372 g/mol. The fraction of sp³-hybridized carbons (Fsp3) is 0.429. The van der Waals surface area contributed by atoms with E-state index in [1.165, 1.54) is 11.8 Å². The number of carbonyl (C=O) groups excluding carboxylic acids is 1. The summed E-state index contributed by atoms with van der Waals surface area (Å²) in [6.07, 6.45) is 0. The second-order valence-electron chi connectivity index (χ2n) is 4.92. The molecular formula is C14H17BrN2O3S. The van der Waals surface area contributed by atoms with Gasteiger partial charge in [0.05, 0.1) is 11.3 Å². The summed E-state index contributed by atoms with van der Waals surface area (Å²) >= 11 is 4.60. The van der Waals surface area contributed by atoms with E-state index in [0.29, 0.717) is 4.90 Å². The molecule has 0 spiro atoms. The van der Waals surface area contributed by atoms with Crippen LogP contribution in [0.5, 0.6) is 0 Å². The molecule has 0 unspecified atom stereocenters. The van der Waals surface area contributed by atoms with Crippen LogP contribution in [0.1, 0.15) is 10.4 Å². The van der Waals surface area contributed by atoms with E-state index >= 15 is 0 Å². The zero-order valence-electron chi connectivity index (χ0n) is 11.7. The van der Waals surface area contributed by atoms with Gasteiger partial charge in [-0.15, -0.1) is 11.8 Å². The number of benzene rings is 1. The van der Waals surface area contributed by atoms with Crippen molar-refractivity contribution < 1.29 is 14.7 Å². The number of piperazine rings is 1. The van der Waals surface area contributed by atoms with Gasteiger partial charge in [0.1, 0.15) is 0 Å². The van der Waals surface area contributed by atoms with Crippen LogP contribution >= 0.6 is 27.7 Å². The van der Waals surface area contributed by atoms with Crippen LogP contribution < -0.4 is 0 Å². The van der Waals surface area contributed by atoms with Crippen molar-refractivity contribution >= 4 is 39.6 Å². The Labute approximate surface area is 136 Å². The highest BCUT2D eigenvalue weighted by Crippen LogP contribution is 2.27. The van der Waals surface area contributed by atoms with Crippen molar-refractivity contribution in [3.05, 3.63) is 28.2 Å². The lowest BCUT2D eigenvalue weighted by atomic mass is 10.2. The average molecular weight is 373 g/mol. The van der Waals surface area contributed by atoms with Gasteiger partial charge in [0.2, 0.25) is 5.91 Å². The fourth-order valence-electron chi connectivity index (χ4n) is 2.08. The fourth-order valence-corrected chi connectivity index (χ4v) is 3.57. The van der Waals surface area contributed by atoms with Gasteiger partial charge in [0.25, 0.3) is 0 Å². The lowest BCUT2D eigenvalue weighted by Gasteiger charge is -2.32. The number of nitrogens with zero attached hydrogens (tertiary/aromatic N) is 2. The smallest absolute Gasteiger partial charge is 0.336 e. The third-order valence-corrected chi connectivity index (χ3v) is 4.91. The van der Waals surface area contributed by atoms with Crippen LogP contribution in [0.25, 0.3) is 0 Å². The highest BCUT2D eigenvalue weighted by Gasteiger charge is 2.20. The van der Waals surface area contributed by atoms with Crippen LogP contribution in [0, 0.1) is 0 Å². The first-order valence-electron chi connectivity index (χ1n) is 6.59. The molecule has 2 rings (SSSR count). The Hall–Kier alpha value is -1.05. The number of carboxylic acid groups (broad SMARTS) is 1. The summed E-state index contributed by atoms with van der Waals surface area (Å²) in [6.45, 7) is 3.24. The number of hydrogen-bond acceptors (Lipinski definition) is 4. The highest BCUT2D eigenvalue weighted by molar-refractivity contribution is 9.10. The Morgan fingerprint density at radius 1 is 1.29 bits per heavy atom. The summed E-state index contributed by atoms with van der Waals surface area (Å²) in [5, 5.41) is 9.17. The number of halogens is 1. The molecule has 0 aliphatic carbocycles. The van der Waals surface area contributed by atoms with Gasteiger partial charge >= 0.3 is 5.97 Å².